The molecule has 0 fully saturated rings. The van der Waals surface area contributed by atoms with Crippen LogP contribution in [0.3, 0.4) is 0 Å². The van der Waals surface area contributed by atoms with Crippen molar-refractivity contribution in [2.75, 3.05) is 6.61 Å². The summed E-state index contributed by atoms with van der Waals surface area (Å²) in [5, 5.41) is 22.8. The summed E-state index contributed by atoms with van der Waals surface area (Å²) in [6.07, 6.45) is 40.3. The number of carbonyl (C=O) groups excluding carboxylic acids is 1. The molecule has 0 heterocycles. The Morgan fingerprint density at radius 3 is 1.27 bits per heavy atom. The Hall–Kier alpha value is -0.870. The largest absolute Gasteiger partial charge is 0.394 e. The number of carbonyl (C=O) groups is 1. The van der Waals surface area contributed by atoms with Crippen LogP contribution in [-0.4, -0.2) is 34.9 Å². The van der Waals surface area contributed by atoms with Crippen molar-refractivity contribution in [2.45, 2.75) is 212 Å². The van der Waals surface area contributed by atoms with Crippen molar-refractivity contribution >= 4 is 5.91 Å². The lowest BCUT2D eigenvalue weighted by Gasteiger charge is -2.20. The zero-order chi connectivity index (χ0) is 30.1. The minimum absolute atomic E-state index is 0.0702. The summed E-state index contributed by atoms with van der Waals surface area (Å²) in [6, 6.07) is -0.613. The Bertz CT molecular complexity index is 550. The van der Waals surface area contributed by atoms with E-state index in [1.807, 2.05) is 6.08 Å². The quantitative estimate of drug-likeness (QED) is 0.0535. The Balaban J connectivity index is 3.49. The number of amides is 1. The lowest BCUT2D eigenvalue weighted by molar-refractivity contribution is -0.123. The summed E-state index contributed by atoms with van der Waals surface area (Å²) in [7, 11) is 0. The van der Waals surface area contributed by atoms with E-state index in [2.05, 4.69) is 19.2 Å². The molecule has 0 spiro atoms. The lowest BCUT2D eigenvalue weighted by atomic mass is 10.0. The first-order valence-electron chi connectivity index (χ1n) is 18.4. The minimum Gasteiger partial charge on any atom is -0.394 e. The predicted molar refractivity (Wildman–Crippen MR) is 179 cm³/mol. The fourth-order valence-electron chi connectivity index (χ4n) is 5.65. The van der Waals surface area contributed by atoms with Crippen molar-refractivity contribution in [3.8, 4) is 0 Å². The number of hydrogen-bond donors (Lipinski definition) is 3. The summed E-state index contributed by atoms with van der Waals surface area (Å²) >= 11 is 0. The van der Waals surface area contributed by atoms with Gasteiger partial charge in [0.05, 0.1) is 18.8 Å². The molecule has 0 radical (unpaired) electrons. The first-order chi connectivity index (χ1) is 20.2. The molecule has 0 saturated carbocycles. The van der Waals surface area contributed by atoms with E-state index < -0.39 is 12.1 Å². The number of rotatable bonds is 33. The molecule has 4 heteroatoms. The molecule has 0 aliphatic heterocycles. The monoisotopic (exact) mass is 580 g/mol. The molecule has 4 nitrogen and oxygen atoms in total. The maximum Gasteiger partial charge on any atom is 0.220 e. The number of aliphatic hydroxyl groups is 2. The molecule has 1 amide bonds. The zero-order valence-electron chi connectivity index (χ0n) is 27.8. The van der Waals surface area contributed by atoms with E-state index in [4.69, 9.17) is 0 Å². The third-order valence-electron chi connectivity index (χ3n) is 8.52. The molecule has 0 aromatic heterocycles. The summed E-state index contributed by atoms with van der Waals surface area (Å²) in [5.41, 5.74) is 0. The minimum atomic E-state index is -0.830. The lowest BCUT2D eigenvalue weighted by Crippen LogP contribution is -2.45. The van der Waals surface area contributed by atoms with Crippen molar-refractivity contribution in [1.82, 2.24) is 5.32 Å². The fraction of sp³-hybridized carbons (Fsp3) is 0.919. The summed E-state index contributed by atoms with van der Waals surface area (Å²) < 4.78 is 0. The van der Waals surface area contributed by atoms with E-state index in [9.17, 15) is 15.0 Å². The molecule has 0 saturated heterocycles. The van der Waals surface area contributed by atoms with Crippen molar-refractivity contribution in [1.29, 1.82) is 0 Å². The highest BCUT2D eigenvalue weighted by Gasteiger charge is 2.17. The normalized spacial score (nSPS) is 13.2. The number of nitrogens with one attached hydrogen (secondary N) is 1. The van der Waals surface area contributed by atoms with E-state index in [0.717, 1.165) is 25.7 Å². The first kappa shape index (κ1) is 40.1. The number of allylic oxidation sites excluding steroid dienone is 1. The van der Waals surface area contributed by atoms with Crippen molar-refractivity contribution < 1.29 is 15.0 Å². The Labute approximate surface area is 256 Å². The van der Waals surface area contributed by atoms with Crippen molar-refractivity contribution in [3.05, 3.63) is 12.2 Å². The third kappa shape index (κ3) is 30.4. The van der Waals surface area contributed by atoms with Crippen LogP contribution in [0, 0.1) is 0 Å². The second-order valence-corrected chi connectivity index (χ2v) is 12.7. The van der Waals surface area contributed by atoms with Crippen LogP contribution in [0.1, 0.15) is 200 Å². The zero-order valence-corrected chi connectivity index (χ0v) is 27.8. The molecule has 0 aromatic rings. The van der Waals surface area contributed by atoms with E-state index in [-0.39, 0.29) is 12.5 Å². The van der Waals surface area contributed by atoms with Gasteiger partial charge in [0.1, 0.15) is 0 Å². The molecular weight excluding hydrogens is 506 g/mol. The van der Waals surface area contributed by atoms with Gasteiger partial charge in [-0.3, -0.25) is 4.79 Å². The fourth-order valence-corrected chi connectivity index (χ4v) is 5.65. The molecule has 0 aliphatic rings. The van der Waals surface area contributed by atoms with Crippen molar-refractivity contribution in [3.63, 3.8) is 0 Å². The number of aliphatic hydroxyl groups excluding tert-OH is 2. The molecule has 0 rings (SSSR count). The molecular formula is C37H73NO3. The SMILES string of the molecule is CCCCCCCCCCCCCCCCCCCCCC/C=C/C(O)C(CO)NC(=O)CCCCCCCCC. The van der Waals surface area contributed by atoms with Gasteiger partial charge >= 0.3 is 0 Å². The maximum absolute atomic E-state index is 12.2. The molecule has 0 aliphatic carbocycles. The predicted octanol–water partition coefficient (Wildman–Crippen LogP) is 10.7. The third-order valence-corrected chi connectivity index (χ3v) is 8.52. The standard InChI is InChI=1S/C37H73NO3/c1-3-5-7-9-11-12-13-14-15-16-17-18-19-20-21-22-23-24-25-27-28-30-32-36(40)35(34-39)38-37(41)33-31-29-26-10-8-6-4-2/h30,32,35-36,39-40H,3-29,31,33-34H2,1-2H3,(H,38,41)/b32-30+. The van der Waals surface area contributed by atoms with Gasteiger partial charge < -0.3 is 15.5 Å². The highest BCUT2D eigenvalue weighted by molar-refractivity contribution is 5.76. The topological polar surface area (TPSA) is 69.6 Å². The van der Waals surface area contributed by atoms with Gasteiger partial charge in [0.15, 0.2) is 0 Å². The highest BCUT2D eigenvalue weighted by atomic mass is 16.3. The van der Waals surface area contributed by atoms with Crippen LogP contribution in [0.15, 0.2) is 12.2 Å². The van der Waals surface area contributed by atoms with E-state index in [0.29, 0.717) is 6.42 Å². The van der Waals surface area contributed by atoms with E-state index in [1.165, 1.54) is 154 Å². The average molecular weight is 580 g/mol. The number of unbranched alkanes of at least 4 members (excludes halogenated alkanes) is 26. The van der Waals surface area contributed by atoms with Gasteiger partial charge in [-0.1, -0.05) is 187 Å². The molecule has 0 aromatic carbocycles. The molecule has 244 valence electrons. The van der Waals surface area contributed by atoms with Gasteiger partial charge in [0.25, 0.3) is 0 Å². The van der Waals surface area contributed by atoms with Gasteiger partial charge in [-0.2, -0.15) is 0 Å². The van der Waals surface area contributed by atoms with Crippen LogP contribution < -0.4 is 5.32 Å². The van der Waals surface area contributed by atoms with Crippen molar-refractivity contribution in [2.24, 2.45) is 0 Å². The van der Waals surface area contributed by atoms with Crippen LogP contribution in [0.5, 0.6) is 0 Å². The van der Waals surface area contributed by atoms with Crippen LogP contribution in [0.4, 0.5) is 0 Å². The van der Waals surface area contributed by atoms with Gasteiger partial charge in [0.2, 0.25) is 5.91 Å². The van der Waals surface area contributed by atoms with Gasteiger partial charge in [-0.15, -0.1) is 0 Å². The van der Waals surface area contributed by atoms with Crippen LogP contribution in [-0.2, 0) is 4.79 Å². The van der Waals surface area contributed by atoms with Crippen LogP contribution >= 0.6 is 0 Å². The first-order valence-corrected chi connectivity index (χ1v) is 18.4. The van der Waals surface area contributed by atoms with Crippen LogP contribution in [0.25, 0.3) is 0 Å². The second-order valence-electron chi connectivity index (χ2n) is 12.7. The maximum atomic E-state index is 12.2. The molecule has 2 unspecified atom stereocenters. The summed E-state index contributed by atoms with van der Waals surface area (Å²) in [5.74, 6) is -0.0702. The van der Waals surface area contributed by atoms with Gasteiger partial charge in [0, 0.05) is 6.42 Å². The van der Waals surface area contributed by atoms with E-state index >= 15 is 0 Å². The van der Waals surface area contributed by atoms with Gasteiger partial charge in [-0.05, 0) is 19.3 Å². The molecule has 0 bridgehead atoms. The summed E-state index contributed by atoms with van der Waals surface area (Å²) in [6.45, 7) is 4.26. The Kier molecular flexibility index (Phi) is 32.9. The highest BCUT2D eigenvalue weighted by Crippen LogP contribution is 2.15. The number of hydrogen-bond acceptors (Lipinski definition) is 3. The molecule has 41 heavy (non-hydrogen) atoms. The average Bonchev–Trinajstić information content (AvgIpc) is 2.97. The smallest absolute Gasteiger partial charge is 0.220 e. The molecule has 2 atom stereocenters. The molecule has 3 N–H and O–H groups in total. The summed E-state index contributed by atoms with van der Waals surface area (Å²) in [4.78, 5) is 12.2. The van der Waals surface area contributed by atoms with Crippen LogP contribution in [0.2, 0.25) is 0 Å². The second kappa shape index (κ2) is 33.6. The Morgan fingerprint density at radius 1 is 0.561 bits per heavy atom. The van der Waals surface area contributed by atoms with Gasteiger partial charge in [-0.25, -0.2) is 0 Å². The van der Waals surface area contributed by atoms with E-state index in [1.54, 1.807) is 6.08 Å². The Morgan fingerprint density at radius 2 is 0.902 bits per heavy atom.